The van der Waals surface area contributed by atoms with Crippen molar-refractivity contribution in [2.45, 2.75) is 51.6 Å². The Morgan fingerprint density at radius 1 is 1.36 bits per heavy atom. The monoisotopic (exact) mass is 308 g/mol. The molecular formula is C15H28N6O. The van der Waals surface area contributed by atoms with E-state index in [4.69, 9.17) is 4.74 Å². The van der Waals surface area contributed by atoms with Crippen LogP contribution in [-0.2, 0) is 24.1 Å². The third-order valence-electron chi connectivity index (χ3n) is 3.85. The van der Waals surface area contributed by atoms with Gasteiger partial charge in [-0.1, -0.05) is 6.42 Å². The molecule has 7 heteroatoms. The van der Waals surface area contributed by atoms with Crippen LogP contribution in [0.3, 0.4) is 0 Å². The number of hydrogen-bond acceptors (Lipinski definition) is 4. The van der Waals surface area contributed by atoms with Crippen molar-refractivity contribution in [3.8, 4) is 0 Å². The number of rotatable bonds is 6. The van der Waals surface area contributed by atoms with Gasteiger partial charge in [0, 0.05) is 46.1 Å². The second-order valence-electron chi connectivity index (χ2n) is 5.74. The number of ether oxygens (including phenoxy) is 1. The second kappa shape index (κ2) is 8.73. The van der Waals surface area contributed by atoms with Gasteiger partial charge in [0.2, 0.25) is 0 Å². The van der Waals surface area contributed by atoms with Crippen molar-refractivity contribution >= 4 is 5.96 Å². The van der Waals surface area contributed by atoms with Crippen molar-refractivity contribution in [3.05, 3.63) is 11.6 Å². The lowest BCUT2D eigenvalue weighted by atomic mass is 10.2. The van der Waals surface area contributed by atoms with Gasteiger partial charge >= 0.3 is 0 Å². The van der Waals surface area contributed by atoms with Crippen LogP contribution < -0.4 is 10.6 Å². The molecule has 0 spiro atoms. The fraction of sp³-hybridized carbons (Fsp3) is 0.800. The Kier molecular flexibility index (Phi) is 6.64. The lowest BCUT2D eigenvalue weighted by molar-refractivity contribution is 0.179. The van der Waals surface area contributed by atoms with E-state index in [1.54, 1.807) is 14.2 Å². The average Bonchev–Trinajstić information content (AvgIpc) is 2.74. The Hall–Kier alpha value is -1.63. The molecule has 0 amide bonds. The lowest BCUT2D eigenvalue weighted by Crippen LogP contribution is -2.44. The van der Waals surface area contributed by atoms with Crippen LogP contribution in [0.15, 0.2) is 4.99 Å². The summed E-state index contributed by atoms with van der Waals surface area (Å²) in [7, 11) is 3.48. The molecule has 22 heavy (non-hydrogen) atoms. The van der Waals surface area contributed by atoms with Crippen LogP contribution in [-0.4, -0.2) is 54.1 Å². The number of aryl methyl sites for hydroxylation is 1. The van der Waals surface area contributed by atoms with Crippen molar-refractivity contribution in [2.24, 2.45) is 4.99 Å². The third kappa shape index (κ3) is 4.69. The molecule has 1 unspecified atom stereocenters. The molecule has 2 heterocycles. The first-order valence-corrected chi connectivity index (χ1v) is 8.11. The molecule has 0 saturated heterocycles. The van der Waals surface area contributed by atoms with Gasteiger partial charge in [-0.2, -0.15) is 0 Å². The highest BCUT2D eigenvalue weighted by Gasteiger charge is 2.14. The van der Waals surface area contributed by atoms with Crippen molar-refractivity contribution < 1.29 is 4.74 Å². The zero-order valence-electron chi connectivity index (χ0n) is 13.9. The summed E-state index contributed by atoms with van der Waals surface area (Å²) < 4.78 is 7.41. The summed E-state index contributed by atoms with van der Waals surface area (Å²) in [5.41, 5.74) is 0. The van der Waals surface area contributed by atoms with Crippen LogP contribution in [0.25, 0.3) is 0 Å². The summed E-state index contributed by atoms with van der Waals surface area (Å²) >= 11 is 0. The van der Waals surface area contributed by atoms with E-state index in [2.05, 4.69) is 37.3 Å². The average molecular weight is 308 g/mol. The Labute approximate surface area is 132 Å². The molecule has 1 aromatic heterocycles. The molecule has 7 nitrogen and oxygen atoms in total. The highest BCUT2D eigenvalue weighted by molar-refractivity contribution is 5.79. The Morgan fingerprint density at radius 3 is 3.00 bits per heavy atom. The largest absolute Gasteiger partial charge is 0.383 e. The van der Waals surface area contributed by atoms with E-state index >= 15 is 0 Å². The van der Waals surface area contributed by atoms with Crippen LogP contribution in [0.4, 0.5) is 0 Å². The molecule has 1 aliphatic heterocycles. The van der Waals surface area contributed by atoms with Gasteiger partial charge < -0.3 is 19.9 Å². The lowest BCUT2D eigenvalue weighted by Gasteiger charge is -2.17. The summed E-state index contributed by atoms with van der Waals surface area (Å²) in [6.07, 6.45) is 5.65. The minimum atomic E-state index is 0.223. The Bertz CT molecular complexity index is 484. The first-order valence-electron chi connectivity index (χ1n) is 8.11. The number of guanidine groups is 1. The number of nitrogens with zero attached hydrogens (tertiary/aromatic N) is 4. The van der Waals surface area contributed by atoms with E-state index in [-0.39, 0.29) is 6.04 Å². The molecule has 1 aliphatic rings. The van der Waals surface area contributed by atoms with E-state index in [0.717, 1.165) is 43.5 Å². The standard InChI is InChI=1S/C15H28N6O/c1-12(11-22-3)18-15(16-2)17-9-8-14-20-19-13-7-5-4-6-10-21(13)14/h12H,4-11H2,1-3H3,(H2,16,17,18). The fourth-order valence-corrected chi connectivity index (χ4v) is 2.74. The fourth-order valence-electron chi connectivity index (χ4n) is 2.74. The van der Waals surface area contributed by atoms with Crippen molar-refractivity contribution in [1.29, 1.82) is 0 Å². The summed E-state index contributed by atoms with van der Waals surface area (Å²) in [4.78, 5) is 4.23. The van der Waals surface area contributed by atoms with Gasteiger partial charge in [-0.3, -0.25) is 4.99 Å². The zero-order valence-corrected chi connectivity index (χ0v) is 13.9. The Morgan fingerprint density at radius 2 is 2.23 bits per heavy atom. The third-order valence-corrected chi connectivity index (χ3v) is 3.85. The number of methoxy groups -OCH3 is 1. The Balaban J connectivity index is 1.82. The molecule has 1 aromatic rings. The van der Waals surface area contributed by atoms with Gasteiger partial charge in [0.25, 0.3) is 0 Å². The van der Waals surface area contributed by atoms with Gasteiger partial charge in [-0.25, -0.2) is 0 Å². The molecule has 0 radical (unpaired) electrons. The number of aliphatic imine (C=N–C) groups is 1. The van der Waals surface area contributed by atoms with Gasteiger partial charge in [0.05, 0.1) is 6.61 Å². The predicted molar refractivity (Wildman–Crippen MR) is 87.1 cm³/mol. The minimum Gasteiger partial charge on any atom is -0.383 e. The smallest absolute Gasteiger partial charge is 0.191 e. The molecule has 0 saturated carbocycles. The molecule has 124 valence electrons. The first-order chi connectivity index (χ1) is 10.7. The van der Waals surface area contributed by atoms with Crippen LogP contribution >= 0.6 is 0 Å². The quantitative estimate of drug-likeness (QED) is 0.599. The molecular weight excluding hydrogens is 280 g/mol. The zero-order chi connectivity index (χ0) is 15.8. The van der Waals surface area contributed by atoms with Gasteiger partial charge in [-0.05, 0) is 19.8 Å². The number of fused-ring (bicyclic) bond motifs is 1. The van der Waals surface area contributed by atoms with Gasteiger partial charge in [-0.15, -0.1) is 10.2 Å². The van der Waals surface area contributed by atoms with Gasteiger partial charge in [0.15, 0.2) is 5.96 Å². The van der Waals surface area contributed by atoms with E-state index in [1.165, 1.54) is 19.3 Å². The summed E-state index contributed by atoms with van der Waals surface area (Å²) in [5, 5.41) is 15.3. The molecule has 2 rings (SSSR count). The molecule has 0 fully saturated rings. The first kappa shape index (κ1) is 16.7. The van der Waals surface area contributed by atoms with Crippen LogP contribution in [0.2, 0.25) is 0 Å². The highest BCUT2D eigenvalue weighted by atomic mass is 16.5. The molecule has 0 bridgehead atoms. The minimum absolute atomic E-state index is 0.223. The molecule has 0 aliphatic carbocycles. The number of aromatic nitrogens is 3. The summed E-state index contributed by atoms with van der Waals surface area (Å²) in [5.74, 6) is 3.01. The van der Waals surface area contributed by atoms with Crippen LogP contribution in [0.1, 0.15) is 37.8 Å². The predicted octanol–water partition coefficient (Wildman–Crippen LogP) is 0.747. The second-order valence-corrected chi connectivity index (χ2v) is 5.74. The molecule has 2 N–H and O–H groups in total. The molecule has 1 atom stereocenters. The van der Waals surface area contributed by atoms with Crippen molar-refractivity contribution in [1.82, 2.24) is 25.4 Å². The van der Waals surface area contributed by atoms with E-state index < -0.39 is 0 Å². The maximum Gasteiger partial charge on any atom is 0.191 e. The SMILES string of the molecule is CN=C(NCCc1nnc2n1CCCCC2)NC(C)COC. The topological polar surface area (TPSA) is 76.4 Å². The van der Waals surface area contributed by atoms with Crippen molar-refractivity contribution in [3.63, 3.8) is 0 Å². The number of hydrogen-bond donors (Lipinski definition) is 2. The number of nitrogens with one attached hydrogen (secondary N) is 2. The van der Waals surface area contributed by atoms with Crippen LogP contribution in [0, 0.1) is 0 Å². The highest BCUT2D eigenvalue weighted by Crippen LogP contribution is 2.14. The van der Waals surface area contributed by atoms with E-state index in [0.29, 0.717) is 6.61 Å². The van der Waals surface area contributed by atoms with Crippen LogP contribution in [0.5, 0.6) is 0 Å². The van der Waals surface area contributed by atoms with E-state index in [1.807, 2.05) is 0 Å². The van der Waals surface area contributed by atoms with Crippen molar-refractivity contribution in [2.75, 3.05) is 27.3 Å². The normalized spacial score (nSPS) is 16.8. The summed E-state index contributed by atoms with van der Waals surface area (Å²) in [6, 6.07) is 0.223. The van der Waals surface area contributed by atoms with Gasteiger partial charge in [0.1, 0.15) is 11.6 Å². The maximum atomic E-state index is 5.12. The van der Waals surface area contributed by atoms with E-state index in [9.17, 15) is 0 Å². The molecule has 0 aromatic carbocycles. The summed E-state index contributed by atoms with van der Waals surface area (Å²) in [6.45, 7) is 4.56. The maximum absolute atomic E-state index is 5.12.